The molecule has 6 aromatic carbocycles. The summed E-state index contributed by atoms with van der Waals surface area (Å²) in [5.74, 6) is 0.236. The molecule has 0 spiro atoms. The van der Waals surface area contributed by atoms with Crippen LogP contribution < -0.4 is 10.2 Å². The number of hydrogen-bond acceptors (Lipinski definition) is 2. The van der Waals surface area contributed by atoms with Gasteiger partial charge in [0.2, 0.25) is 0 Å². The molecule has 4 heteroatoms. The Morgan fingerprint density at radius 2 is 0.710 bits per heavy atom. The summed E-state index contributed by atoms with van der Waals surface area (Å²) in [5.41, 5.74) is 12.8. The molecule has 0 N–H and O–H groups in total. The number of rotatable bonds is 0. The number of allylic oxidation sites excluding steroid dienone is 2. The van der Waals surface area contributed by atoms with Crippen LogP contribution >= 0.6 is 0 Å². The second-order valence-corrected chi connectivity index (χ2v) is 21.8. The van der Waals surface area contributed by atoms with Crippen LogP contribution in [0.3, 0.4) is 0 Å². The van der Waals surface area contributed by atoms with E-state index >= 15 is 0 Å². The van der Waals surface area contributed by atoms with Crippen LogP contribution in [0.5, 0.6) is 11.5 Å². The molecule has 2 aliphatic carbocycles. The van der Waals surface area contributed by atoms with Gasteiger partial charge in [-0.3, -0.25) is 0 Å². The van der Waals surface area contributed by atoms with Crippen molar-refractivity contribution in [3.8, 4) is 11.5 Å². The Labute approximate surface area is 397 Å². The molecule has 6 aromatic rings. The third-order valence-electron chi connectivity index (χ3n) is 10.9. The largest absolute Gasteiger partial charge is 4.00 e. The van der Waals surface area contributed by atoms with Crippen LogP contribution in [0.1, 0.15) is 141 Å². The van der Waals surface area contributed by atoms with Crippen LogP contribution in [-0.2, 0) is 60.7 Å². The molecule has 0 saturated heterocycles. The van der Waals surface area contributed by atoms with Crippen molar-refractivity contribution in [3.63, 3.8) is 0 Å². The summed E-state index contributed by atoms with van der Waals surface area (Å²) in [7, 11) is 1.08. The summed E-state index contributed by atoms with van der Waals surface area (Å²) < 4.78 is 0. The Kier molecular flexibility index (Phi) is 18.2. The zero-order chi connectivity index (χ0) is 45.5. The molecule has 0 aromatic heterocycles. The SMILES string of the molecule is CC(C)(C)c1cc([O-])cc(C(C)(C)C)c1.CC(C)(C)c1cc([O-])cc(C(C)(C)C)c1.CC1=[C-]c2c(ccc3ccccc23)C1.CC1=[C-]c2c(ccc3ccccc23)C1.C[Si]C.[Zr+4]. The molecule has 0 fully saturated rings. The van der Waals surface area contributed by atoms with E-state index in [0.29, 0.717) is 0 Å². The molecule has 0 saturated carbocycles. The van der Waals surface area contributed by atoms with Crippen molar-refractivity contribution >= 4 is 31.1 Å². The van der Waals surface area contributed by atoms with Crippen molar-refractivity contribution in [2.24, 2.45) is 0 Å². The maximum atomic E-state index is 11.6. The van der Waals surface area contributed by atoms with Crippen molar-refractivity contribution in [1.29, 1.82) is 0 Å². The van der Waals surface area contributed by atoms with Crippen molar-refractivity contribution in [2.45, 2.75) is 145 Å². The molecular formula is C58H70O2SiZr. The molecule has 0 bridgehead atoms. The molecule has 62 heavy (non-hydrogen) atoms. The predicted octanol–water partition coefficient (Wildman–Crippen LogP) is 14.5. The summed E-state index contributed by atoms with van der Waals surface area (Å²) in [5, 5.41) is 28.5. The first-order valence-corrected chi connectivity index (χ1v) is 23.8. The number of hydrogen-bond donors (Lipinski definition) is 0. The van der Waals surface area contributed by atoms with Gasteiger partial charge in [-0.2, -0.15) is 23.3 Å². The Hall–Kier alpha value is -3.98. The fraction of sp³-hybridized carbons (Fsp3) is 0.379. The van der Waals surface area contributed by atoms with Crippen LogP contribution in [0.2, 0.25) is 13.1 Å². The Balaban J connectivity index is 0.000000214. The molecular weight excluding hydrogens is 848 g/mol. The molecule has 0 unspecified atom stereocenters. The van der Waals surface area contributed by atoms with E-state index in [1.54, 1.807) is 24.3 Å². The molecule has 0 amide bonds. The first kappa shape index (κ1) is 52.4. The normalized spacial score (nSPS) is 13.0. The minimum Gasteiger partial charge on any atom is -0.872 e. The van der Waals surface area contributed by atoms with Gasteiger partial charge in [0.15, 0.2) is 0 Å². The summed E-state index contributed by atoms with van der Waals surface area (Å²) >= 11 is 0. The second-order valence-electron chi connectivity index (χ2n) is 20.8. The van der Waals surface area contributed by atoms with Gasteiger partial charge >= 0.3 is 26.2 Å². The van der Waals surface area contributed by atoms with E-state index in [1.165, 1.54) is 54.9 Å². The topological polar surface area (TPSA) is 46.1 Å². The zero-order valence-electron chi connectivity index (χ0n) is 40.6. The minimum atomic E-state index is 0. The van der Waals surface area contributed by atoms with Gasteiger partial charge < -0.3 is 10.2 Å². The summed E-state index contributed by atoms with van der Waals surface area (Å²) in [6.45, 7) is 34.2. The van der Waals surface area contributed by atoms with Gasteiger partial charge in [-0.1, -0.05) is 219 Å². The van der Waals surface area contributed by atoms with Gasteiger partial charge in [0, 0.05) is 9.52 Å². The average molecular weight is 919 g/mol. The minimum absolute atomic E-state index is 0. The van der Waals surface area contributed by atoms with E-state index in [0.717, 1.165) is 44.6 Å². The summed E-state index contributed by atoms with van der Waals surface area (Å²) in [6.07, 6.45) is 9.05. The van der Waals surface area contributed by atoms with Crippen molar-refractivity contribution in [1.82, 2.24) is 0 Å². The fourth-order valence-corrected chi connectivity index (χ4v) is 7.24. The molecule has 2 radical (unpaired) electrons. The first-order valence-electron chi connectivity index (χ1n) is 21.8. The molecule has 0 heterocycles. The van der Waals surface area contributed by atoms with Gasteiger partial charge in [-0.25, -0.2) is 0 Å². The van der Waals surface area contributed by atoms with E-state index in [9.17, 15) is 10.2 Å². The smallest absolute Gasteiger partial charge is 0.872 e. The van der Waals surface area contributed by atoms with Gasteiger partial charge in [-0.05, 0) is 43.9 Å². The fourth-order valence-electron chi connectivity index (χ4n) is 7.24. The Morgan fingerprint density at radius 1 is 0.435 bits per heavy atom. The second kappa shape index (κ2) is 21.6. The van der Waals surface area contributed by atoms with Crippen molar-refractivity contribution < 1.29 is 36.4 Å². The molecule has 8 rings (SSSR count). The monoisotopic (exact) mass is 916 g/mol. The molecule has 0 aliphatic heterocycles. The zero-order valence-corrected chi connectivity index (χ0v) is 44.1. The standard InChI is InChI=1S/2C14H22O.2C14H11.C2H6Si.Zr/c2*1-13(2,3)10-7-11(14(4,5)6)9-12(15)8-10;2*1-10-8-12-7-6-11-4-2-3-5-13(11)14(12)9-10;1-3-2;/h2*7-9,15H,1-6H3;2*2-7H,8H2,1H3;1-2H3;/q;;2*-1;;+4/p-2. The number of fused-ring (bicyclic) bond motifs is 6. The summed E-state index contributed by atoms with van der Waals surface area (Å²) in [6, 6.07) is 37.2. The van der Waals surface area contributed by atoms with E-state index in [2.05, 4.69) is 207 Å². The van der Waals surface area contributed by atoms with Gasteiger partial charge in [0.1, 0.15) is 0 Å². The Bertz CT molecular complexity index is 2250. The Morgan fingerprint density at radius 3 is 0.984 bits per heavy atom. The summed E-state index contributed by atoms with van der Waals surface area (Å²) in [4.78, 5) is 0. The third kappa shape index (κ3) is 14.5. The van der Waals surface area contributed by atoms with Gasteiger partial charge in [0.05, 0.1) is 0 Å². The average Bonchev–Trinajstić information content (AvgIpc) is 3.75. The maximum absolute atomic E-state index is 11.6. The van der Waals surface area contributed by atoms with Crippen LogP contribution in [0, 0.1) is 12.2 Å². The van der Waals surface area contributed by atoms with Crippen LogP contribution in [-0.4, -0.2) is 9.52 Å². The molecule has 2 aliphatic rings. The van der Waals surface area contributed by atoms with Gasteiger partial charge in [-0.15, -0.1) is 68.8 Å². The predicted molar refractivity (Wildman–Crippen MR) is 262 cm³/mol. The number of benzene rings is 6. The molecule has 0 atom stereocenters. The first-order chi connectivity index (χ1) is 28.3. The van der Waals surface area contributed by atoms with Crippen LogP contribution in [0.4, 0.5) is 0 Å². The van der Waals surface area contributed by atoms with E-state index in [-0.39, 0.29) is 59.4 Å². The van der Waals surface area contributed by atoms with Crippen molar-refractivity contribution in [3.05, 3.63) is 177 Å². The molecule has 2 nitrogen and oxygen atoms in total. The van der Waals surface area contributed by atoms with Crippen LogP contribution in [0.15, 0.2) is 120 Å². The quantitative estimate of drug-likeness (QED) is 0.113. The van der Waals surface area contributed by atoms with E-state index in [4.69, 9.17) is 0 Å². The maximum Gasteiger partial charge on any atom is 4.00 e. The molecule has 322 valence electrons. The van der Waals surface area contributed by atoms with Gasteiger partial charge in [0.25, 0.3) is 0 Å². The third-order valence-corrected chi connectivity index (χ3v) is 10.9. The van der Waals surface area contributed by atoms with E-state index in [1.807, 2.05) is 0 Å². The van der Waals surface area contributed by atoms with Crippen molar-refractivity contribution in [2.75, 3.05) is 0 Å². The van der Waals surface area contributed by atoms with E-state index < -0.39 is 0 Å². The van der Waals surface area contributed by atoms with Crippen LogP contribution in [0.25, 0.3) is 21.5 Å².